The van der Waals surface area contributed by atoms with Gasteiger partial charge in [-0.1, -0.05) is 13.8 Å². The molecule has 2 unspecified atom stereocenters. The molecule has 1 nitrogen and oxygen atoms in total. The maximum atomic E-state index is 3.30. The van der Waals surface area contributed by atoms with Crippen LogP contribution in [0.1, 0.15) is 33.1 Å². The van der Waals surface area contributed by atoms with E-state index in [-0.39, 0.29) is 0 Å². The van der Waals surface area contributed by atoms with Crippen LogP contribution in [0.15, 0.2) is 0 Å². The van der Waals surface area contributed by atoms with Crippen molar-refractivity contribution in [1.82, 2.24) is 5.32 Å². The number of rotatable bonds is 3. The van der Waals surface area contributed by atoms with Crippen LogP contribution in [0.25, 0.3) is 0 Å². The molecule has 0 spiro atoms. The molecule has 0 aromatic heterocycles. The molecule has 0 heterocycles. The van der Waals surface area contributed by atoms with Crippen LogP contribution in [0.5, 0.6) is 0 Å². The molecule has 1 N–H and O–H groups in total. The van der Waals surface area contributed by atoms with Crippen LogP contribution in [0.4, 0.5) is 0 Å². The van der Waals surface area contributed by atoms with Gasteiger partial charge in [0.05, 0.1) is 0 Å². The smallest absolute Gasteiger partial charge is 0.000513 e. The van der Waals surface area contributed by atoms with Gasteiger partial charge in [-0.2, -0.15) is 0 Å². The molecule has 2 fully saturated rings. The normalized spacial score (nSPS) is 45.5. The first kappa shape index (κ1) is 7.60. The van der Waals surface area contributed by atoms with Crippen LogP contribution in [0.3, 0.4) is 0 Å². The van der Waals surface area contributed by atoms with Gasteiger partial charge >= 0.3 is 0 Å². The van der Waals surface area contributed by atoms with E-state index in [1.54, 1.807) is 0 Å². The summed E-state index contributed by atoms with van der Waals surface area (Å²) in [6.07, 6.45) is 4.43. The summed E-state index contributed by atoms with van der Waals surface area (Å²) in [6, 6.07) is 0. The van der Waals surface area contributed by atoms with Crippen molar-refractivity contribution in [1.29, 1.82) is 0 Å². The SMILES string of the molecule is CNCC1(C)CC1C1(C)CC1. The lowest BCUT2D eigenvalue weighted by Gasteiger charge is -2.14. The molecule has 64 valence electrons. The molecule has 2 rings (SSSR count). The predicted molar refractivity (Wildman–Crippen MR) is 47.5 cm³/mol. The molecule has 2 aliphatic rings. The molecule has 0 aromatic carbocycles. The van der Waals surface area contributed by atoms with Crippen molar-refractivity contribution in [3.63, 3.8) is 0 Å². The number of hydrogen-bond acceptors (Lipinski definition) is 1. The largest absolute Gasteiger partial charge is 0.319 e. The lowest BCUT2D eigenvalue weighted by Crippen LogP contribution is -2.20. The zero-order valence-electron chi connectivity index (χ0n) is 7.91. The second-order valence-corrected chi connectivity index (χ2v) is 5.10. The molecule has 0 bridgehead atoms. The molecule has 0 aliphatic heterocycles. The Hall–Kier alpha value is -0.0400. The zero-order chi connectivity index (χ0) is 8.11. The van der Waals surface area contributed by atoms with Crippen LogP contribution >= 0.6 is 0 Å². The van der Waals surface area contributed by atoms with Gasteiger partial charge < -0.3 is 5.32 Å². The fraction of sp³-hybridized carbons (Fsp3) is 1.00. The molecule has 0 radical (unpaired) electrons. The summed E-state index contributed by atoms with van der Waals surface area (Å²) in [5.74, 6) is 1.03. The highest BCUT2D eigenvalue weighted by molar-refractivity contribution is 5.12. The summed E-state index contributed by atoms with van der Waals surface area (Å²) in [6.45, 7) is 6.10. The monoisotopic (exact) mass is 153 g/mol. The van der Waals surface area contributed by atoms with E-state index in [0.717, 1.165) is 11.3 Å². The first-order valence-electron chi connectivity index (χ1n) is 4.75. The topological polar surface area (TPSA) is 12.0 Å². The maximum absolute atomic E-state index is 3.30. The Labute approximate surface area is 69.6 Å². The Kier molecular flexibility index (Phi) is 1.39. The van der Waals surface area contributed by atoms with Crippen molar-refractivity contribution in [3.8, 4) is 0 Å². The van der Waals surface area contributed by atoms with Gasteiger partial charge in [0.1, 0.15) is 0 Å². The number of nitrogens with one attached hydrogen (secondary N) is 1. The van der Waals surface area contributed by atoms with Crippen LogP contribution in [-0.2, 0) is 0 Å². The summed E-state index contributed by atoms with van der Waals surface area (Å²) < 4.78 is 0. The van der Waals surface area contributed by atoms with E-state index in [9.17, 15) is 0 Å². The van der Waals surface area contributed by atoms with Gasteiger partial charge in [-0.3, -0.25) is 0 Å². The van der Waals surface area contributed by atoms with E-state index in [4.69, 9.17) is 0 Å². The van der Waals surface area contributed by atoms with Crippen LogP contribution < -0.4 is 5.32 Å². The van der Waals surface area contributed by atoms with E-state index in [2.05, 4.69) is 26.2 Å². The van der Waals surface area contributed by atoms with Gasteiger partial charge in [0.2, 0.25) is 0 Å². The summed E-state index contributed by atoms with van der Waals surface area (Å²) in [5.41, 5.74) is 1.41. The van der Waals surface area contributed by atoms with Crippen molar-refractivity contribution in [2.45, 2.75) is 33.1 Å². The van der Waals surface area contributed by atoms with Crippen molar-refractivity contribution in [2.75, 3.05) is 13.6 Å². The fourth-order valence-electron chi connectivity index (χ4n) is 2.64. The Morgan fingerprint density at radius 1 is 1.36 bits per heavy atom. The van der Waals surface area contributed by atoms with Crippen molar-refractivity contribution in [3.05, 3.63) is 0 Å². The second kappa shape index (κ2) is 2.01. The van der Waals surface area contributed by atoms with E-state index < -0.39 is 0 Å². The van der Waals surface area contributed by atoms with Crippen LogP contribution in [0, 0.1) is 16.7 Å². The van der Waals surface area contributed by atoms with Crippen LogP contribution in [0.2, 0.25) is 0 Å². The maximum Gasteiger partial charge on any atom is 0.000513 e. The minimum Gasteiger partial charge on any atom is -0.319 e. The highest BCUT2D eigenvalue weighted by Crippen LogP contribution is 2.69. The molecule has 2 aliphatic carbocycles. The summed E-state index contributed by atoms with van der Waals surface area (Å²) in [5, 5.41) is 3.30. The van der Waals surface area contributed by atoms with Crippen molar-refractivity contribution >= 4 is 0 Å². The molecule has 2 saturated carbocycles. The summed E-state index contributed by atoms with van der Waals surface area (Å²) in [4.78, 5) is 0. The standard InChI is InChI=1S/C10H19N/c1-9(4-5-9)8-6-10(8,2)7-11-3/h8,11H,4-7H2,1-3H3. The third-order valence-corrected chi connectivity index (χ3v) is 3.81. The van der Waals surface area contributed by atoms with Crippen molar-refractivity contribution < 1.29 is 0 Å². The van der Waals surface area contributed by atoms with Gasteiger partial charge in [0.25, 0.3) is 0 Å². The van der Waals surface area contributed by atoms with Crippen molar-refractivity contribution in [2.24, 2.45) is 16.7 Å². The number of hydrogen-bond donors (Lipinski definition) is 1. The van der Waals surface area contributed by atoms with Gasteiger partial charge in [-0.25, -0.2) is 0 Å². The lowest BCUT2D eigenvalue weighted by atomic mass is 9.95. The summed E-state index contributed by atoms with van der Waals surface area (Å²) >= 11 is 0. The van der Waals surface area contributed by atoms with Gasteiger partial charge in [0, 0.05) is 6.54 Å². The Bertz CT molecular complexity index is 172. The highest BCUT2D eigenvalue weighted by Gasteiger charge is 2.62. The predicted octanol–water partition coefficient (Wildman–Crippen LogP) is 2.03. The molecule has 1 heteroatoms. The van der Waals surface area contributed by atoms with Gasteiger partial charge in [-0.05, 0) is 43.1 Å². The Morgan fingerprint density at radius 2 is 2.00 bits per heavy atom. The minimum absolute atomic E-state index is 0.653. The third kappa shape index (κ3) is 1.10. The average molecular weight is 153 g/mol. The molecular formula is C10H19N. The van der Waals surface area contributed by atoms with E-state index in [1.807, 2.05) is 0 Å². The molecule has 0 amide bonds. The Balaban J connectivity index is 1.92. The first-order chi connectivity index (χ1) is 5.11. The highest BCUT2D eigenvalue weighted by atomic mass is 14.9. The van der Waals surface area contributed by atoms with E-state index in [1.165, 1.54) is 25.8 Å². The van der Waals surface area contributed by atoms with E-state index >= 15 is 0 Å². The molecular weight excluding hydrogens is 134 g/mol. The summed E-state index contributed by atoms with van der Waals surface area (Å²) in [7, 11) is 2.07. The zero-order valence-corrected chi connectivity index (χ0v) is 7.91. The minimum atomic E-state index is 0.653. The third-order valence-electron chi connectivity index (χ3n) is 3.81. The molecule has 11 heavy (non-hydrogen) atoms. The quantitative estimate of drug-likeness (QED) is 0.654. The molecule has 0 saturated heterocycles. The molecule has 2 atom stereocenters. The van der Waals surface area contributed by atoms with Gasteiger partial charge in [0.15, 0.2) is 0 Å². The lowest BCUT2D eigenvalue weighted by molar-refractivity contribution is 0.373. The van der Waals surface area contributed by atoms with Crippen LogP contribution in [-0.4, -0.2) is 13.6 Å². The Morgan fingerprint density at radius 3 is 2.45 bits per heavy atom. The fourth-order valence-corrected chi connectivity index (χ4v) is 2.64. The van der Waals surface area contributed by atoms with Gasteiger partial charge in [-0.15, -0.1) is 0 Å². The average Bonchev–Trinajstić information content (AvgIpc) is 2.75. The second-order valence-electron chi connectivity index (χ2n) is 5.10. The van der Waals surface area contributed by atoms with E-state index in [0.29, 0.717) is 5.41 Å². The molecule has 0 aromatic rings. The first-order valence-corrected chi connectivity index (χ1v) is 4.75.